The Bertz CT molecular complexity index is 702. The molecule has 0 aromatic heterocycles. The molecule has 2 fully saturated rings. The highest BCUT2D eigenvalue weighted by molar-refractivity contribution is 5.77. The zero-order chi connectivity index (χ0) is 21.6. The minimum Gasteiger partial charge on any atom is -0.490 e. The highest BCUT2D eigenvalue weighted by Crippen LogP contribution is 2.26. The van der Waals surface area contributed by atoms with Crippen molar-refractivity contribution < 1.29 is 19.4 Å². The summed E-state index contributed by atoms with van der Waals surface area (Å²) in [6.45, 7) is 6.52. The second-order valence-corrected chi connectivity index (χ2v) is 9.12. The summed E-state index contributed by atoms with van der Waals surface area (Å²) in [7, 11) is 1.53. The Morgan fingerprint density at radius 1 is 1.10 bits per heavy atom. The number of nitrogens with zero attached hydrogens (tertiary/aromatic N) is 2. The molecule has 1 atom stereocenters. The maximum Gasteiger partial charge on any atom is 0.248 e. The summed E-state index contributed by atoms with van der Waals surface area (Å²) in [5, 5.41) is 11.6. The van der Waals surface area contributed by atoms with Crippen LogP contribution in [0.25, 0.3) is 0 Å². The first kappa shape index (κ1) is 23.0. The molecule has 6 heteroatoms. The number of carbonyl (C=O) groups is 1. The van der Waals surface area contributed by atoms with Gasteiger partial charge < -0.3 is 19.5 Å². The predicted octanol–water partition coefficient (Wildman–Crippen LogP) is 2.93. The van der Waals surface area contributed by atoms with Gasteiger partial charge >= 0.3 is 0 Å². The van der Waals surface area contributed by atoms with Crippen molar-refractivity contribution in [2.75, 3.05) is 46.5 Å². The number of rotatable bonds is 6. The van der Waals surface area contributed by atoms with Gasteiger partial charge in [-0.15, -0.1) is 0 Å². The molecule has 1 aromatic carbocycles. The Balaban J connectivity index is 1.75. The molecular weight excluding hydrogens is 380 g/mol. The summed E-state index contributed by atoms with van der Waals surface area (Å²) in [4.78, 5) is 16.7. The molecule has 1 saturated carbocycles. The van der Waals surface area contributed by atoms with Crippen LogP contribution in [-0.4, -0.2) is 79.0 Å². The molecule has 2 aliphatic rings. The molecule has 1 unspecified atom stereocenters. The van der Waals surface area contributed by atoms with Gasteiger partial charge in [0.25, 0.3) is 0 Å². The lowest BCUT2D eigenvalue weighted by molar-refractivity contribution is -0.138. The summed E-state index contributed by atoms with van der Waals surface area (Å²) in [5.41, 5.74) is 1.26. The molecule has 3 rings (SSSR count). The molecule has 1 amide bonds. The van der Waals surface area contributed by atoms with E-state index in [1.807, 2.05) is 18.2 Å². The number of amides is 1. The first-order valence-electron chi connectivity index (χ1n) is 11.3. The van der Waals surface area contributed by atoms with E-state index in [1.54, 1.807) is 4.90 Å². The largest absolute Gasteiger partial charge is 0.490 e. The van der Waals surface area contributed by atoms with E-state index in [0.29, 0.717) is 19.1 Å². The molecule has 6 nitrogen and oxygen atoms in total. The summed E-state index contributed by atoms with van der Waals surface area (Å²) in [6.07, 6.45) is 7.40. The summed E-state index contributed by atoms with van der Waals surface area (Å²) in [6, 6.07) is 6.46. The Morgan fingerprint density at radius 3 is 2.50 bits per heavy atom. The fraction of sp³-hybridized carbons (Fsp3) is 0.708. The molecule has 1 aliphatic heterocycles. The SMILES string of the molecule is COCC(=O)N1CCN(C2CCCCCC2)CC(O)(COc2ccc(C)c(C)c2)C1. The maximum atomic E-state index is 12.6. The van der Waals surface area contributed by atoms with Crippen molar-refractivity contribution >= 4 is 5.91 Å². The lowest BCUT2D eigenvalue weighted by Crippen LogP contribution is -2.53. The fourth-order valence-electron chi connectivity index (χ4n) is 4.67. The quantitative estimate of drug-likeness (QED) is 0.720. The van der Waals surface area contributed by atoms with E-state index >= 15 is 0 Å². The van der Waals surface area contributed by atoms with Crippen LogP contribution >= 0.6 is 0 Å². The van der Waals surface area contributed by atoms with Crippen LogP contribution in [0.1, 0.15) is 49.7 Å². The number of hydrogen-bond donors (Lipinski definition) is 1. The van der Waals surface area contributed by atoms with Gasteiger partial charge in [0.1, 0.15) is 24.6 Å². The number of β-amino-alcohol motifs (C(OH)–C–C–N with tert-alkyl or cyclic N) is 1. The van der Waals surface area contributed by atoms with E-state index in [9.17, 15) is 9.90 Å². The van der Waals surface area contributed by atoms with Crippen LogP contribution in [0.3, 0.4) is 0 Å². The van der Waals surface area contributed by atoms with Crippen LogP contribution in [0.4, 0.5) is 0 Å². The van der Waals surface area contributed by atoms with E-state index < -0.39 is 5.60 Å². The van der Waals surface area contributed by atoms with Crippen molar-refractivity contribution in [2.45, 2.75) is 64.0 Å². The van der Waals surface area contributed by atoms with Gasteiger partial charge in [0.2, 0.25) is 5.91 Å². The number of carbonyl (C=O) groups excluding carboxylic acids is 1. The van der Waals surface area contributed by atoms with E-state index in [1.165, 1.54) is 51.2 Å². The first-order chi connectivity index (χ1) is 14.4. The Kier molecular flexibility index (Phi) is 8.14. The Labute approximate surface area is 181 Å². The van der Waals surface area contributed by atoms with Crippen molar-refractivity contribution in [2.24, 2.45) is 0 Å². The van der Waals surface area contributed by atoms with Crippen molar-refractivity contribution in [3.63, 3.8) is 0 Å². The van der Waals surface area contributed by atoms with Crippen LogP contribution in [0.15, 0.2) is 18.2 Å². The van der Waals surface area contributed by atoms with Gasteiger partial charge in [-0.2, -0.15) is 0 Å². The predicted molar refractivity (Wildman–Crippen MR) is 118 cm³/mol. The van der Waals surface area contributed by atoms with Crippen LogP contribution in [0.5, 0.6) is 5.75 Å². The van der Waals surface area contributed by atoms with Crippen LogP contribution in [0, 0.1) is 13.8 Å². The number of hydrogen-bond acceptors (Lipinski definition) is 5. The number of ether oxygens (including phenoxy) is 2. The monoisotopic (exact) mass is 418 g/mol. The molecule has 1 saturated heterocycles. The van der Waals surface area contributed by atoms with Crippen molar-refractivity contribution in [1.29, 1.82) is 0 Å². The third-order valence-corrected chi connectivity index (χ3v) is 6.59. The summed E-state index contributed by atoms with van der Waals surface area (Å²) < 4.78 is 11.1. The average Bonchev–Trinajstić information content (AvgIpc) is 3.09. The Hall–Kier alpha value is -1.63. The lowest BCUT2D eigenvalue weighted by Gasteiger charge is -2.36. The van der Waals surface area contributed by atoms with E-state index in [-0.39, 0.29) is 25.7 Å². The van der Waals surface area contributed by atoms with Crippen molar-refractivity contribution in [3.8, 4) is 5.75 Å². The molecule has 0 spiro atoms. The summed E-state index contributed by atoms with van der Waals surface area (Å²) >= 11 is 0. The molecule has 30 heavy (non-hydrogen) atoms. The molecule has 0 bridgehead atoms. The van der Waals surface area contributed by atoms with Crippen LogP contribution < -0.4 is 4.74 Å². The van der Waals surface area contributed by atoms with Crippen LogP contribution in [0.2, 0.25) is 0 Å². The highest BCUT2D eigenvalue weighted by atomic mass is 16.5. The third kappa shape index (κ3) is 6.19. The maximum absolute atomic E-state index is 12.6. The second-order valence-electron chi connectivity index (χ2n) is 9.12. The molecule has 1 heterocycles. The first-order valence-corrected chi connectivity index (χ1v) is 11.3. The number of benzene rings is 1. The molecule has 1 aliphatic carbocycles. The minimum absolute atomic E-state index is 0.0392. The average molecular weight is 419 g/mol. The minimum atomic E-state index is -1.12. The van der Waals surface area contributed by atoms with Gasteiger partial charge in [0.15, 0.2) is 0 Å². The van der Waals surface area contributed by atoms with E-state index in [2.05, 4.69) is 18.7 Å². The molecular formula is C24H38N2O4. The normalized spacial score (nSPS) is 24.3. The van der Waals surface area contributed by atoms with E-state index in [0.717, 1.165) is 17.9 Å². The smallest absolute Gasteiger partial charge is 0.248 e. The van der Waals surface area contributed by atoms with Crippen LogP contribution in [-0.2, 0) is 9.53 Å². The van der Waals surface area contributed by atoms with Gasteiger partial charge in [-0.05, 0) is 49.9 Å². The molecule has 1 aromatic rings. The van der Waals surface area contributed by atoms with Gasteiger partial charge in [0, 0.05) is 32.8 Å². The number of methoxy groups -OCH3 is 1. The zero-order valence-electron chi connectivity index (χ0n) is 18.9. The van der Waals surface area contributed by atoms with E-state index in [4.69, 9.17) is 9.47 Å². The third-order valence-electron chi connectivity index (χ3n) is 6.59. The van der Waals surface area contributed by atoms with Gasteiger partial charge in [0.05, 0.1) is 6.54 Å². The van der Waals surface area contributed by atoms with Gasteiger partial charge in [-0.25, -0.2) is 0 Å². The number of aryl methyl sites for hydroxylation is 2. The van der Waals surface area contributed by atoms with Crippen molar-refractivity contribution in [1.82, 2.24) is 9.80 Å². The lowest BCUT2D eigenvalue weighted by atomic mass is 10.0. The second kappa shape index (κ2) is 10.6. The van der Waals surface area contributed by atoms with Gasteiger partial charge in [-0.3, -0.25) is 9.69 Å². The molecule has 168 valence electrons. The zero-order valence-corrected chi connectivity index (χ0v) is 18.9. The van der Waals surface area contributed by atoms with Crippen molar-refractivity contribution in [3.05, 3.63) is 29.3 Å². The Morgan fingerprint density at radius 2 is 1.83 bits per heavy atom. The molecule has 1 N–H and O–H groups in total. The standard InChI is InChI=1S/C24H38N2O4/c1-19-10-11-22(14-20(19)2)30-18-24(28)16-25(21-8-6-4-5-7-9-21)12-13-26(17-24)23(27)15-29-3/h10-11,14,21,28H,4-9,12-13,15-18H2,1-3H3. The topological polar surface area (TPSA) is 62.2 Å². The highest BCUT2D eigenvalue weighted by Gasteiger charge is 2.39. The molecule has 0 radical (unpaired) electrons. The summed E-state index contributed by atoms with van der Waals surface area (Å²) in [5.74, 6) is 0.677. The number of aliphatic hydroxyl groups is 1. The van der Waals surface area contributed by atoms with Gasteiger partial charge in [-0.1, -0.05) is 31.7 Å². The fourth-order valence-corrected chi connectivity index (χ4v) is 4.67.